The number of carbonyl (C=O) groups is 3. The average molecular weight is 683 g/mol. The van der Waals surface area contributed by atoms with Crippen LogP contribution in [0.1, 0.15) is 80.6 Å². The van der Waals surface area contributed by atoms with Crippen LogP contribution in [-0.4, -0.2) is 116 Å². The van der Waals surface area contributed by atoms with Crippen molar-refractivity contribution in [2.75, 3.05) is 20.2 Å². The zero-order valence-corrected chi connectivity index (χ0v) is 30.7. The maximum absolute atomic E-state index is 13.7. The zero-order chi connectivity index (χ0) is 36.1. The Hall–Kier alpha value is -3.36. The second-order valence-electron chi connectivity index (χ2n) is 14.5. The Bertz CT molecular complexity index is 1430. The van der Waals surface area contributed by atoms with Crippen molar-refractivity contribution in [2.45, 2.75) is 129 Å². The number of aliphatic hydroxyl groups excluding tert-OH is 1. The van der Waals surface area contributed by atoms with E-state index in [-0.39, 0.29) is 29.8 Å². The van der Waals surface area contributed by atoms with Crippen molar-refractivity contribution in [3.05, 3.63) is 30.6 Å². The molecule has 2 aromatic heterocycles. The molecule has 14 heteroatoms. The number of amides is 2. The van der Waals surface area contributed by atoms with Gasteiger partial charge in [-0.25, -0.2) is 4.79 Å². The molecule has 2 aliphatic rings. The lowest BCUT2D eigenvalue weighted by Crippen LogP contribution is -2.62. The summed E-state index contributed by atoms with van der Waals surface area (Å²) in [6, 6.07) is 4.57. The third-order valence-corrected chi connectivity index (χ3v) is 10.8. The molecule has 2 saturated heterocycles. The lowest BCUT2D eigenvalue weighted by molar-refractivity contribution is -0.210. The highest BCUT2D eigenvalue weighted by Gasteiger charge is 2.59. The molecule has 0 aliphatic carbocycles. The van der Waals surface area contributed by atoms with Crippen molar-refractivity contribution >= 4 is 25.6 Å². The van der Waals surface area contributed by atoms with Crippen LogP contribution in [0.2, 0.25) is 5.82 Å². The molecule has 2 fully saturated rings. The standard InChI is InChI=1S/C35H55BN6O7/c1-9-30-35(7)31(41(33(46)49-35)17-13-12-16-40-21-27(38-39-40)26-14-10-11-15-37-26)24(4)42(25(5)43)20-22(2)19-34(6,47-8)29(36)18-28(44)23(3)32(45)48-30/h10-11,14-15,21-24,29-32,45H,9,12-13,16-20,36H2,1-8H3/t22-,23-,24-,29-,30-,31-,32?,34-,35-/m1/s1. The van der Waals surface area contributed by atoms with E-state index in [0.29, 0.717) is 51.0 Å². The number of hydrogen-bond donors (Lipinski definition) is 1. The summed E-state index contributed by atoms with van der Waals surface area (Å²) in [5, 5.41) is 19.7. The van der Waals surface area contributed by atoms with E-state index in [1.54, 1.807) is 36.7 Å². The molecule has 2 aromatic rings. The van der Waals surface area contributed by atoms with Crippen LogP contribution in [0.3, 0.4) is 0 Å². The number of pyridine rings is 1. The molecule has 0 aromatic carbocycles. The van der Waals surface area contributed by atoms with Crippen molar-refractivity contribution in [2.24, 2.45) is 11.8 Å². The molecule has 2 aliphatic heterocycles. The van der Waals surface area contributed by atoms with Gasteiger partial charge in [0.15, 0.2) is 11.9 Å². The van der Waals surface area contributed by atoms with Crippen molar-refractivity contribution in [3.63, 3.8) is 0 Å². The van der Waals surface area contributed by atoms with E-state index >= 15 is 0 Å². The number of hydrogen-bond acceptors (Lipinski definition) is 10. The number of ketones is 1. The van der Waals surface area contributed by atoms with Gasteiger partial charge in [0.2, 0.25) is 5.91 Å². The number of methoxy groups -OCH3 is 1. The summed E-state index contributed by atoms with van der Waals surface area (Å²) < 4.78 is 20.2. The number of aliphatic hydroxyl groups is 1. The van der Waals surface area contributed by atoms with Gasteiger partial charge in [-0.1, -0.05) is 32.1 Å². The molecule has 1 N–H and O–H groups in total. The molecular weight excluding hydrogens is 627 g/mol. The molecule has 4 rings (SSSR count). The molecule has 0 saturated carbocycles. The van der Waals surface area contributed by atoms with Gasteiger partial charge >= 0.3 is 6.09 Å². The minimum atomic E-state index is -1.41. The highest BCUT2D eigenvalue weighted by atomic mass is 16.6. The SMILES string of the molecule is B[C@@H]1CC(=O)[C@@H](C)C(O)O[C@H](CC)[C@@]2(C)OC(=O)N(CCCCn3cc(-c4ccccn4)nn3)[C@@H]2[C@@H](C)N(C(C)=O)C[C@H](C)C[C@@]1(C)OC. The maximum Gasteiger partial charge on any atom is 0.410 e. The van der Waals surface area contributed by atoms with Crippen molar-refractivity contribution < 1.29 is 33.7 Å². The third-order valence-electron chi connectivity index (χ3n) is 10.8. The predicted molar refractivity (Wildman–Crippen MR) is 186 cm³/mol. The predicted octanol–water partition coefficient (Wildman–Crippen LogP) is 3.51. The van der Waals surface area contributed by atoms with Gasteiger partial charge in [0, 0.05) is 46.3 Å². The molecule has 4 heterocycles. The monoisotopic (exact) mass is 682 g/mol. The molecule has 0 radical (unpaired) electrons. The average Bonchev–Trinajstić information content (AvgIpc) is 3.65. The molecule has 49 heavy (non-hydrogen) atoms. The first-order valence-corrected chi connectivity index (χ1v) is 17.6. The molecular formula is C35H55BN6O7. The maximum atomic E-state index is 13.7. The lowest BCUT2D eigenvalue weighted by Gasteiger charge is -2.45. The summed E-state index contributed by atoms with van der Waals surface area (Å²) in [5.74, 6) is -1.20. The summed E-state index contributed by atoms with van der Waals surface area (Å²) in [5.41, 5.74) is -0.447. The van der Waals surface area contributed by atoms with Crippen LogP contribution in [0.4, 0.5) is 4.79 Å². The number of unbranched alkanes of at least 4 members (excludes halogenated alkanes) is 1. The van der Waals surface area contributed by atoms with Gasteiger partial charge in [-0.2, -0.15) is 0 Å². The van der Waals surface area contributed by atoms with Gasteiger partial charge in [0.05, 0.1) is 35.5 Å². The molecule has 0 spiro atoms. The Kier molecular flexibility index (Phi) is 12.6. The Morgan fingerprint density at radius 3 is 2.49 bits per heavy atom. The first-order valence-electron chi connectivity index (χ1n) is 17.6. The quantitative estimate of drug-likeness (QED) is 0.324. The normalized spacial score (nSPS) is 33.4. The summed E-state index contributed by atoms with van der Waals surface area (Å²) in [4.78, 5) is 48.4. The van der Waals surface area contributed by atoms with Crippen LogP contribution in [-0.2, 0) is 30.3 Å². The van der Waals surface area contributed by atoms with Crippen molar-refractivity contribution in [1.82, 2.24) is 29.8 Å². The van der Waals surface area contributed by atoms with Crippen LogP contribution in [0, 0.1) is 11.8 Å². The summed E-state index contributed by atoms with van der Waals surface area (Å²) in [6.07, 6.45) is 3.45. The molecule has 1 unspecified atom stereocenters. The van der Waals surface area contributed by atoms with E-state index in [1.807, 2.05) is 64.8 Å². The Labute approximate surface area is 291 Å². The van der Waals surface area contributed by atoms with Crippen molar-refractivity contribution in [1.29, 1.82) is 0 Å². The first-order chi connectivity index (χ1) is 23.1. The smallest absolute Gasteiger partial charge is 0.410 e. The fourth-order valence-corrected chi connectivity index (χ4v) is 7.67. The second kappa shape index (κ2) is 16.1. The van der Waals surface area contributed by atoms with Crippen LogP contribution in [0.25, 0.3) is 11.4 Å². The van der Waals surface area contributed by atoms with Gasteiger partial charge in [-0.3, -0.25) is 24.2 Å². The van der Waals surface area contributed by atoms with Crippen LogP contribution in [0.15, 0.2) is 30.6 Å². The van der Waals surface area contributed by atoms with E-state index in [2.05, 4.69) is 22.2 Å². The summed E-state index contributed by atoms with van der Waals surface area (Å²) in [7, 11) is 3.63. The van der Waals surface area contributed by atoms with Crippen LogP contribution in [0.5, 0.6) is 0 Å². The largest absolute Gasteiger partial charge is 0.438 e. The number of rotatable bonds is 8. The minimum Gasteiger partial charge on any atom is -0.438 e. The zero-order valence-electron chi connectivity index (χ0n) is 30.7. The topological polar surface area (TPSA) is 149 Å². The number of carbonyl (C=O) groups excluding carboxylic acids is 3. The molecule has 13 nitrogen and oxygen atoms in total. The first kappa shape index (κ1) is 38.4. The van der Waals surface area contributed by atoms with Gasteiger partial charge in [0.25, 0.3) is 0 Å². The number of nitrogens with zero attached hydrogens (tertiary/aromatic N) is 6. The molecule has 0 bridgehead atoms. The highest BCUT2D eigenvalue weighted by molar-refractivity contribution is 6.14. The number of Topliss-reactive ketones (excluding diaryl/α,β-unsaturated/α-hetero) is 1. The van der Waals surface area contributed by atoms with Crippen LogP contribution < -0.4 is 0 Å². The fourth-order valence-electron chi connectivity index (χ4n) is 7.67. The Balaban J connectivity index is 1.62. The van der Waals surface area contributed by atoms with E-state index < -0.39 is 47.7 Å². The second-order valence-corrected chi connectivity index (χ2v) is 14.5. The summed E-state index contributed by atoms with van der Waals surface area (Å²) in [6.45, 7) is 14.3. The molecule has 270 valence electrons. The number of aromatic nitrogens is 4. The highest BCUT2D eigenvalue weighted by Crippen LogP contribution is 2.41. The Morgan fingerprint density at radius 2 is 1.86 bits per heavy atom. The molecule has 2 amide bonds. The van der Waals surface area contributed by atoms with Gasteiger partial charge < -0.3 is 24.2 Å². The fraction of sp³-hybridized carbons (Fsp3) is 0.714. The number of ether oxygens (including phenoxy) is 3. The van der Waals surface area contributed by atoms with Crippen molar-refractivity contribution in [3.8, 4) is 11.4 Å². The van der Waals surface area contributed by atoms with E-state index in [1.165, 1.54) is 0 Å². The van der Waals surface area contributed by atoms with Gasteiger partial charge in [-0.05, 0) is 70.3 Å². The lowest BCUT2D eigenvalue weighted by atomic mass is 9.67. The number of fused-ring (bicyclic) bond motifs is 1. The molecule has 9 atom stereocenters. The van der Waals surface area contributed by atoms with Gasteiger partial charge in [0.1, 0.15) is 25.4 Å². The Morgan fingerprint density at radius 1 is 1.14 bits per heavy atom. The van der Waals surface area contributed by atoms with Gasteiger partial charge in [-0.15, -0.1) is 5.10 Å². The van der Waals surface area contributed by atoms with E-state index in [9.17, 15) is 19.5 Å². The minimum absolute atomic E-state index is 0.0107. The van der Waals surface area contributed by atoms with Crippen LogP contribution >= 0.6 is 0 Å². The van der Waals surface area contributed by atoms with E-state index in [0.717, 1.165) is 5.69 Å². The third kappa shape index (κ3) is 8.52. The van der Waals surface area contributed by atoms with E-state index in [4.69, 9.17) is 14.2 Å². The summed E-state index contributed by atoms with van der Waals surface area (Å²) >= 11 is 0. The number of aryl methyl sites for hydroxylation is 1.